The van der Waals surface area contributed by atoms with Crippen molar-refractivity contribution in [3.63, 3.8) is 0 Å². The fraction of sp³-hybridized carbons (Fsp3) is 0.0667. The molecule has 2 N–H and O–H groups in total. The van der Waals surface area contributed by atoms with E-state index in [0.717, 1.165) is 0 Å². The molecule has 0 aliphatic carbocycles. The Morgan fingerprint density at radius 3 is 2.33 bits per heavy atom. The highest BCUT2D eigenvalue weighted by Crippen LogP contribution is 2.27. The summed E-state index contributed by atoms with van der Waals surface area (Å²) in [6, 6.07) is 9.40. The minimum absolute atomic E-state index is 0.136. The molecular weight excluding hydrogens is 398 g/mol. The highest BCUT2D eigenvalue weighted by Gasteiger charge is 2.12. The van der Waals surface area contributed by atoms with Crippen molar-refractivity contribution in [2.45, 2.75) is 0 Å². The fourth-order valence-corrected chi connectivity index (χ4v) is 2.70. The van der Waals surface area contributed by atoms with Crippen LogP contribution in [0.5, 0.6) is 5.75 Å². The van der Waals surface area contributed by atoms with Crippen LogP contribution in [0.3, 0.4) is 0 Å². The van der Waals surface area contributed by atoms with Crippen LogP contribution >= 0.6 is 46.4 Å². The summed E-state index contributed by atoms with van der Waals surface area (Å²) in [6.45, 7) is -0.422. The van der Waals surface area contributed by atoms with Crippen LogP contribution in [0.15, 0.2) is 41.6 Å². The lowest BCUT2D eigenvalue weighted by Crippen LogP contribution is -2.18. The summed E-state index contributed by atoms with van der Waals surface area (Å²) >= 11 is 23.6. The molecule has 0 aliphatic rings. The smallest absolute Gasteiger partial charge is 0.372 e. The summed E-state index contributed by atoms with van der Waals surface area (Å²) < 4.78 is 5.21. The van der Waals surface area contributed by atoms with Gasteiger partial charge >= 0.3 is 5.97 Å². The summed E-state index contributed by atoms with van der Waals surface area (Å²) in [5.74, 6) is -0.639. The molecule has 0 aromatic heterocycles. The normalized spacial score (nSPS) is 11.2. The van der Waals surface area contributed by atoms with E-state index >= 15 is 0 Å². The van der Waals surface area contributed by atoms with Crippen LogP contribution in [-0.2, 0) is 9.63 Å². The topological polar surface area (TPSA) is 73.9 Å². The van der Waals surface area contributed by atoms with Crippen molar-refractivity contribution in [2.75, 3.05) is 6.61 Å². The second-order valence-corrected chi connectivity index (χ2v) is 6.06. The number of rotatable bonds is 5. The highest BCUT2D eigenvalue weighted by atomic mass is 35.5. The van der Waals surface area contributed by atoms with Gasteiger partial charge in [-0.15, -0.1) is 0 Å². The molecule has 0 heterocycles. The third kappa shape index (κ3) is 4.92. The Bertz CT molecular complexity index is 776. The summed E-state index contributed by atoms with van der Waals surface area (Å²) in [4.78, 5) is 16.3. The maximum atomic E-state index is 11.7. The predicted molar refractivity (Wildman–Crippen MR) is 95.2 cm³/mol. The zero-order valence-electron chi connectivity index (χ0n) is 11.9. The standard InChI is InChI=1S/C15H10Cl4N2O3/c16-8-4-5-12(11(19)6-8)23-7-13(22)24-21-15(20)14-9(17)2-1-3-10(14)18/h1-6H,7H2,(H2,20,21). The molecule has 0 fully saturated rings. The van der Waals surface area contributed by atoms with Gasteiger partial charge in [-0.2, -0.15) is 0 Å². The number of nitrogens with two attached hydrogens (primary N) is 1. The number of halogens is 4. The number of ether oxygens (including phenoxy) is 1. The molecular formula is C15H10Cl4N2O3. The zero-order valence-corrected chi connectivity index (χ0v) is 15.0. The van der Waals surface area contributed by atoms with Crippen LogP contribution in [0, 0.1) is 0 Å². The molecule has 126 valence electrons. The van der Waals surface area contributed by atoms with Crippen LogP contribution in [0.2, 0.25) is 20.1 Å². The quantitative estimate of drug-likeness (QED) is 0.341. The van der Waals surface area contributed by atoms with Gasteiger partial charge in [-0.05, 0) is 30.3 Å². The Morgan fingerprint density at radius 1 is 1.04 bits per heavy atom. The largest absolute Gasteiger partial charge is 0.480 e. The third-order valence-corrected chi connectivity index (χ3v) is 3.86. The van der Waals surface area contributed by atoms with E-state index < -0.39 is 12.6 Å². The second kappa shape index (κ2) is 8.44. The summed E-state index contributed by atoms with van der Waals surface area (Å²) in [5, 5.41) is 4.78. The maximum absolute atomic E-state index is 11.7. The SMILES string of the molecule is N/C(=N\OC(=O)COc1ccc(Cl)cc1Cl)c1c(Cl)cccc1Cl. The van der Waals surface area contributed by atoms with E-state index in [0.29, 0.717) is 5.02 Å². The summed E-state index contributed by atoms with van der Waals surface area (Å²) in [7, 11) is 0. The Hall–Kier alpha value is -1.66. The third-order valence-electron chi connectivity index (χ3n) is 2.70. The lowest BCUT2D eigenvalue weighted by molar-refractivity contribution is -0.146. The molecule has 0 aliphatic heterocycles. The van der Waals surface area contributed by atoms with Gasteiger partial charge in [-0.1, -0.05) is 57.6 Å². The number of hydrogen-bond acceptors (Lipinski definition) is 4. The van der Waals surface area contributed by atoms with Crippen LogP contribution in [0.1, 0.15) is 5.56 Å². The predicted octanol–water partition coefficient (Wildman–Crippen LogP) is 4.54. The first-order valence-electron chi connectivity index (χ1n) is 6.44. The maximum Gasteiger partial charge on any atom is 0.372 e. The molecule has 0 amide bonds. The molecule has 2 rings (SSSR count). The van der Waals surface area contributed by atoms with E-state index in [1.165, 1.54) is 12.1 Å². The zero-order chi connectivity index (χ0) is 17.7. The second-order valence-electron chi connectivity index (χ2n) is 4.40. The van der Waals surface area contributed by atoms with E-state index in [1.54, 1.807) is 24.3 Å². The molecule has 0 bridgehead atoms. The first kappa shape index (κ1) is 18.7. The Balaban J connectivity index is 1.97. The van der Waals surface area contributed by atoms with E-state index in [9.17, 15) is 4.79 Å². The van der Waals surface area contributed by atoms with Gasteiger partial charge in [-0.25, -0.2) is 4.79 Å². The van der Waals surface area contributed by atoms with Gasteiger partial charge in [0.1, 0.15) is 5.75 Å². The number of nitrogens with zero attached hydrogens (tertiary/aromatic N) is 1. The van der Waals surface area contributed by atoms with E-state index in [2.05, 4.69) is 9.99 Å². The molecule has 24 heavy (non-hydrogen) atoms. The molecule has 0 radical (unpaired) electrons. The average Bonchev–Trinajstić information content (AvgIpc) is 2.52. The van der Waals surface area contributed by atoms with Gasteiger partial charge in [0.05, 0.1) is 20.6 Å². The molecule has 0 saturated heterocycles. The first-order valence-corrected chi connectivity index (χ1v) is 7.95. The van der Waals surface area contributed by atoms with E-state index in [1.807, 2.05) is 0 Å². The lowest BCUT2D eigenvalue weighted by atomic mass is 10.2. The first-order chi connectivity index (χ1) is 11.4. The van der Waals surface area contributed by atoms with Crippen molar-refractivity contribution in [1.82, 2.24) is 0 Å². The Kier molecular flexibility index (Phi) is 6.57. The number of carbonyl (C=O) groups excluding carboxylic acids is 1. The molecule has 2 aromatic rings. The molecule has 9 heteroatoms. The molecule has 0 spiro atoms. The van der Waals surface area contributed by atoms with Crippen molar-refractivity contribution in [3.05, 3.63) is 62.1 Å². The van der Waals surface area contributed by atoms with Crippen molar-refractivity contribution in [3.8, 4) is 5.75 Å². The van der Waals surface area contributed by atoms with Crippen LogP contribution < -0.4 is 10.5 Å². The van der Waals surface area contributed by atoms with Gasteiger partial charge < -0.3 is 15.3 Å². The van der Waals surface area contributed by atoms with Gasteiger partial charge in [0.25, 0.3) is 0 Å². The van der Waals surface area contributed by atoms with E-state index in [4.69, 9.17) is 56.9 Å². The van der Waals surface area contributed by atoms with Crippen molar-refractivity contribution < 1.29 is 14.4 Å². The monoisotopic (exact) mass is 406 g/mol. The van der Waals surface area contributed by atoms with Crippen LogP contribution in [-0.4, -0.2) is 18.4 Å². The minimum atomic E-state index is -0.785. The summed E-state index contributed by atoms with van der Waals surface area (Å²) in [5.41, 5.74) is 5.99. The van der Waals surface area contributed by atoms with Crippen LogP contribution in [0.25, 0.3) is 0 Å². The number of benzene rings is 2. The van der Waals surface area contributed by atoms with Crippen molar-refractivity contribution in [2.24, 2.45) is 10.9 Å². The lowest BCUT2D eigenvalue weighted by Gasteiger charge is -2.07. The Morgan fingerprint density at radius 2 is 1.71 bits per heavy atom. The minimum Gasteiger partial charge on any atom is -0.480 e. The highest BCUT2D eigenvalue weighted by molar-refractivity contribution is 6.40. The van der Waals surface area contributed by atoms with Gasteiger partial charge in [-0.3, -0.25) is 0 Å². The van der Waals surface area contributed by atoms with Crippen molar-refractivity contribution >= 4 is 58.2 Å². The molecule has 2 aromatic carbocycles. The van der Waals surface area contributed by atoms with E-state index in [-0.39, 0.29) is 32.2 Å². The van der Waals surface area contributed by atoms with Crippen LogP contribution in [0.4, 0.5) is 0 Å². The molecule has 0 saturated carbocycles. The number of hydrogen-bond donors (Lipinski definition) is 1. The Labute approximate surface area is 157 Å². The van der Waals surface area contributed by atoms with Gasteiger partial charge in [0.15, 0.2) is 12.4 Å². The molecule has 5 nitrogen and oxygen atoms in total. The average molecular weight is 408 g/mol. The number of oxime groups is 1. The molecule has 0 atom stereocenters. The fourth-order valence-electron chi connectivity index (χ4n) is 1.64. The summed E-state index contributed by atoms with van der Waals surface area (Å²) in [6.07, 6.45) is 0. The van der Waals surface area contributed by atoms with Gasteiger partial charge in [0, 0.05) is 5.02 Å². The van der Waals surface area contributed by atoms with Gasteiger partial charge in [0.2, 0.25) is 0 Å². The number of amidine groups is 1. The number of carbonyl (C=O) groups is 1. The molecule has 0 unspecified atom stereocenters. The van der Waals surface area contributed by atoms with Crippen molar-refractivity contribution in [1.29, 1.82) is 0 Å².